The molecule has 1 N–H and O–H groups in total. The minimum absolute atomic E-state index is 0.282. The summed E-state index contributed by atoms with van der Waals surface area (Å²) in [5, 5.41) is 2.12. The zero-order chi connectivity index (χ0) is 8.27. The Morgan fingerprint density at radius 1 is 1.27 bits per heavy atom. The van der Waals surface area contributed by atoms with Gasteiger partial charge in [0.1, 0.15) is 17.3 Å². The molecule has 1 rings (SSSR count). The molecule has 0 aliphatic heterocycles. The van der Waals surface area contributed by atoms with E-state index in [-0.39, 0.29) is 5.69 Å². The molecule has 0 spiro atoms. The third-order valence-electron chi connectivity index (χ3n) is 1.16. The highest BCUT2D eigenvalue weighted by Crippen LogP contribution is 2.16. The van der Waals surface area contributed by atoms with Crippen LogP contribution in [-0.4, -0.2) is 0 Å². The number of benzene rings is 1. The Labute approximate surface area is 63.0 Å². The molecular formula is C8H5F2N. The Bertz CT molecular complexity index is 281. The lowest BCUT2D eigenvalue weighted by Crippen LogP contribution is -1.94. The maximum absolute atomic E-state index is 12.6. The van der Waals surface area contributed by atoms with Gasteiger partial charge in [-0.05, 0) is 12.1 Å². The molecule has 0 fully saturated rings. The fourth-order valence-electron chi connectivity index (χ4n) is 0.689. The molecule has 0 radical (unpaired) electrons. The van der Waals surface area contributed by atoms with Crippen molar-refractivity contribution in [3.05, 3.63) is 29.8 Å². The van der Waals surface area contributed by atoms with Gasteiger partial charge in [0.25, 0.3) is 0 Å². The van der Waals surface area contributed by atoms with Crippen LogP contribution in [0.4, 0.5) is 14.5 Å². The average Bonchev–Trinajstić information content (AvgIpc) is 1.97. The fourth-order valence-corrected chi connectivity index (χ4v) is 0.689. The van der Waals surface area contributed by atoms with Crippen LogP contribution < -0.4 is 5.32 Å². The Morgan fingerprint density at radius 3 is 2.27 bits per heavy atom. The summed E-state index contributed by atoms with van der Waals surface area (Å²) in [4.78, 5) is 0. The lowest BCUT2D eigenvalue weighted by Gasteiger charge is -2.00. The topological polar surface area (TPSA) is 12.0 Å². The summed E-state index contributed by atoms with van der Waals surface area (Å²) in [6.07, 6.45) is 4.80. The highest BCUT2D eigenvalue weighted by atomic mass is 19.1. The lowest BCUT2D eigenvalue weighted by atomic mass is 10.3. The molecular weight excluding hydrogens is 148 g/mol. The van der Waals surface area contributed by atoms with Crippen molar-refractivity contribution in [2.24, 2.45) is 0 Å². The van der Waals surface area contributed by atoms with Crippen LogP contribution in [0.5, 0.6) is 0 Å². The molecule has 0 aromatic heterocycles. The van der Waals surface area contributed by atoms with Gasteiger partial charge in [0.05, 0.1) is 0 Å². The fraction of sp³-hybridized carbons (Fsp3) is 0. The molecule has 1 aromatic rings. The van der Waals surface area contributed by atoms with Crippen molar-refractivity contribution in [3.8, 4) is 12.5 Å². The van der Waals surface area contributed by atoms with E-state index in [0.717, 1.165) is 12.1 Å². The van der Waals surface area contributed by atoms with E-state index in [1.54, 1.807) is 0 Å². The van der Waals surface area contributed by atoms with Crippen LogP contribution in [0.2, 0.25) is 0 Å². The van der Waals surface area contributed by atoms with Crippen molar-refractivity contribution < 1.29 is 8.78 Å². The minimum atomic E-state index is -0.692. The van der Waals surface area contributed by atoms with Crippen molar-refractivity contribution in [1.82, 2.24) is 0 Å². The zero-order valence-corrected chi connectivity index (χ0v) is 5.57. The first-order valence-electron chi connectivity index (χ1n) is 2.91. The number of anilines is 1. The van der Waals surface area contributed by atoms with Gasteiger partial charge in [-0.3, -0.25) is 0 Å². The van der Waals surface area contributed by atoms with E-state index in [9.17, 15) is 8.78 Å². The number of halogens is 2. The van der Waals surface area contributed by atoms with Crippen LogP contribution in [0.1, 0.15) is 0 Å². The quantitative estimate of drug-likeness (QED) is 0.480. The Hall–Kier alpha value is -1.56. The summed E-state index contributed by atoms with van der Waals surface area (Å²) in [6.45, 7) is 0. The normalized spacial score (nSPS) is 8.82. The maximum Gasteiger partial charge on any atom is 0.150 e. The molecule has 0 aliphatic carbocycles. The molecule has 0 saturated heterocycles. The monoisotopic (exact) mass is 153 g/mol. The standard InChI is InChI=1S/C8H5F2N/c1-2-11-8-6(9)4-3-5-7(8)10/h1,3-5,11H. The first-order valence-corrected chi connectivity index (χ1v) is 2.91. The third-order valence-corrected chi connectivity index (χ3v) is 1.16. The molecule has 0 bridgehead atoms. The van der Waals surface area contributed by atoms with Crippen molar-refractivity contribution in [3.63, 3.8) is 0 Å². The van der Waals surface area contributed by atoms with Gasteiger partial charge in [0.2, 0.25) is 0 Å². The van der Waals surface area contributed by atoms with Gasteiger partial charge in [-0.2, -0.15) is 0 Å². The van der Waals surface area contributed by atoms with Crippen molar-refractivity contribution in [2.75, 3.05) is 5.32 Å². The van der Waals surface area contributed by atoms with E-state index < -0.39 is 11.6 Å². The summed E-state index contributed by atoms with van der Waals surface area (Å²) in [5.41, 5.74) is -0.282. The van der Waals surface area contributed by atoms with E-state index in [1.807, 2.05) is 6.04 Å². The summed E-state index contributed by atoms with van der Waals surface area (Å²) in [7, 11) is 0. The maximum atomic E-state index is 12.6. The van der Waals surface area contributed by atoms with Gasteiger partial charge in [0.15, 0.2) is 0 Å². The Kier molecular flexibility index (Phi) is 2.07. The molecule has 0 atom stereocenters. The zero-order valence-electron chi connectivity index (χ0n) is 5.57. The van der Waals surface area contributed by atoms with Crippen LogP contribution in [0, 0.1) is 24.1 Å². The van der Waals surface area contributed by atoms with Gasteiger partial charge >= 0.3 is 0 Å². The number of rotatable bonds is 1. The summed E-state index contributed by atoms with van der Waals surface area (Å²) in [5.74, 6) is -1.38. The highest BCUT2D eigenvalue weighted by Gasteiger charge is 2.04. The van der Waals surface area contributed by atoms with Crippen LogP contribution in [0.25, 0.3) is 0 Å². The molecule has 3 heteroatoms. The van der Waals surface area contributed by atoms with Crippen LogP contribution in [-0.2, 0) is 0 Å². The summed E-state index contributed by atoms with van der Waals surface area (Å²) in [6, 6.07) is 5.46. The lowest BCUT2D eigenvalue weighted by molar-refractivity contribution is 0.591. The molecule has 56 valence electrons. The van der Waals surface area contributed by atoms with Crippen molar-refractivity contribution in [2.45, 2.75) is 0 Å². The van der Waals surface area contributed by atoms with Crippen molar-refractivity contribution in [1.29, 1.82) is 0 Å². The molecule has 0 amide bonds. The molecule has 11 heavy (non-hydrogen) atoms. The van der Waals surface area contributed by atoms with Gasteiger partial charge < -0.3 is 5.32 Å². The summed E-state index contributed by atoms with van der Waals surface area (Å²) >= 11 is 0. The molecule has 0 unspecified atom stereocenters. The molecule has 0 aliphatic rings. The average molecular weight is 153 g/mol. The van der Waals surface area contributed by atoms with Gasteiger partial charge in [-0.25, -0.2) is 8.78 Å². The number of para-hydroxylation sites is 1. The van der Waals surface area contributed by atoms with Crippen molar-refractivity contribution >= 4 is 5.69 Å². The van der Waals surface area contributed by atoms with E-state index >= 15 is 0 Å². The first kappa shape index (κ1) is 7.55. The molecule has 0 saturated carbocycles. The van der Waals surface area contributed by atoms with Crippen LogP contribution in [0.15, 0.2) is 18.2 Å². The van der Waals surface area contributed by atoms with Crippen LogP contribution >= 0.6 is 0 Å². The van der Waals surface area contributed by atoms with Gasteiger partial charge in [0, 0.05) is 6.04 Å². The minimum Gasteiger partial charge on any atom is -0.310 e. The largest absolute Gasteiger partial charge is 0.310 e. The second-order valence-corrected chi connectivity index (χ2v) is 1.87. The Morgan fingerprint density at radius 2 is 1.82 bits per heavy atom. The SMILES string of the molecule is C#CNc1c(F)cccc1F. The van der Waals surface area contributed by atoms with Gasteiger partial charge in [-0.15, -0.1) is 0 Å². The van der Waals surface area contributed by atoms with E-state index in [1.165, 1.54) is 6.07 Å². The Balaban J connectivity index is 3.12. The predicted octanol–water partition coefficient (Wildman–Crippen LogP) is 1.97. The molecule has 0 heterocycles. The van der Waals surface area contributed by atoms with E-state index in [4.69, 9.17) is 6.42 Å². The number of nitrogens with one attached hydrogen (secondary N) is 1. The molecule has 1 nitrogen and oxygen atoms in total. The number of hydrogen-bond acceptors (Lipinski definition) is 1. The van der Waals surface area contributed by atoms with Gasteiger partial charge in [-0.1, -0.05) is 12.5 Å². The molecule has 1 aromatic carbocycles. The third kappa shape index (κ3) is 1.47. The first-order chi connectivity index (χ1) is 5.25. The second-order valence-electron chi connectivity index (χ2n) is 1.87. The smallest absolute Gasteiger partial charge is 0.150 e. The number of hydrogen-bond donors (Lipinski definition) is 1. The highest BCUT2D eigenvalue weighted by molar-refractivity contribution is 5.49. The number of terminal acetylenes is 1. The van der Waals surface area contributed by atoms with E-state index in [2.05, 4.69) is 5.32 Å². The second kappa shape index (κ2) is 3.02. The predicted molar refractivity (Wildman–Crippen MR) is 38.8 cm³/mol. The van der Waals surface area contributed by atoms with Crippen LogP contribution in [0.3, 0.4) is 0 Å². The summed E-state index contributed by atoms with van der Waals surface area (Å²) < 4.78 is 25.3. The van der Waals surface area contributed by atoms with E-state index in [0.29, 0.717) is 0 Å².